The Morgan fingerprint density at radius 3 is 2.59 bits per heavy atom. The van der Waals surface area contributed by atoms with Gasteiger partial charge in [0.1, 0.15) is 16.9 Å². The number of nitrogens with zero attached hydrogens (tertiary/aromatic N) is 3. The van der Waals surface area contributed by atoms with Crippen LogP contribution in [0.4, 0.5) is 0 Å². The number of aromatic nitrogens is 4. The van der Waals surface area contributed by atoms with Crippen LogP contribution in [0.15, 0.2) is 58.6 Å². The summed E-state index contributed by atoms with van der Waals surface area (Å²) in [7, 11) is 3.21. The van der Waals surface area contributed by atoms with Gasteiger partial charge in [-0.15, -0.1) is 0 Å². The summed E-state index contributed by atoms with van der Waals surface area (Å²) in [4.78, 5) is 19.9. The zero-order valence-electron chi connectivity index (χ0n) is 15.7. The molecule has 9 heteroatoms. The van der Waals surface area contributed by atoms with Gasteiger partial charge in [-0.1, -0.05) is 29.4 Å². The molecule has 7 nitrogen and oxygen atoms in total. The van der Waals surface area contributed by atoms with Crippen molar-refractivity contribution in [1.82, 2.24) is 19.7 Å². The zero-order valence-corrected chi connectivity index (χ0v) is 17.3. The van der Waals surface area contributed by atoms with Crippen molar-refractivity contribution in [3.05, 3.63) is 69.6 Å². The number of ether oxygens (including phenoxy) is 2. The lowest BCUT2D eigenvalue weighted by Crippen LogP contribution is -2.09. The van der Waals surface area contributed by atoms with E-state index >= 15 is 0 Å². The molecule has 0 unspecified atom stereocenters. The van der Waals surface area contributed by atoms with Crippen LogP contribution in [0.25, 0.3) is 16.7 Å². The Hall–Kier alpha value is -2.97. The van der Waals surface area contributed by atoms with E-state index in [1.54, 1.807) is 31.0 Å². The van der Waals surface area contributed by atoms with Crippen molar-refractivity contribution < 1.29 is 9.47 Å². The predicted octanol–water partition coefficient (Wildman–Crippen LogP) is 4.07. The normalized spacial score (nSPS) is 11.0. The van der Waals surface area contributed by atoms with Gasteiger partial charge in [0, 0.05) is 16.8 Å². The van der Waals surface area contributed by atoms with E-state index in [0.717, 1.165) is 11.3 Å². The van der Waals surface area contributed by atoms with Gasteiger partial charge >= 0.3 is 0 Å². The molecular weight excluding hydrogens is 412 g/mol. The van der Waals surface area contributed by atoms with Gasteiger partial charge in [0.05, 0.1) is 26.1 Å². The topological polar surface area (TPSA) is 82.0 Å². The highest BCUT2D eigenvalue weighted by Crippen LogP contribution is 2.27. The van der Waals surface area contributed by atoms with Crippen LogP contribution in [-0.2, 0) is 5.75 Å². The maximum absolute atomic E-state index is 12.5. The Morgan fingerprint density at radius 2 is 1.90 bits per heavy atom. The van der Waals surface area contributed by atoms with E-state index in [2.05, 4.69) is 15.1 Å². The molecule has 0 bridgehead atoms. The standard InChI is InChI=1S/C20H17ClN4O3S/c1-27-15-6-12(7-16(9-15)28-2)11-29-20-23-18-17(19(26)24-20)10-22-25(18)14-5-3-4-13(21)8-14/h3-10H,11H2,1-2H3,(H,23,24,26). The summed E-state index contributed by atoms with van der Waals surface area (Å²) in [6.07, 6.45) is 1.50. The molecule has 2 aromatic heterocycles. The lowest BCUT2D eigenvalue weighted by Gasteiger charge is -2.08. The third-order valence-electron chi connectivity index (χ3n) is 4.26. The molecule has 4 rings (SSSR count). The summed E-state index contributed by atoms with van der Waals surface area (Å²) in [6, 6.07) is 12.9. The van der Waals surface area contributed by atoms with Gasteiger partial charge in [0.15, 0.2) is 10.8 Å². The summed E-state index contributed by atoms with van der Waals surface area (Å²) in [6.45, 7) is 0. The molecule has 0 saturated carbocycles. The number of H-pyrrole nitrogens is 1. The van der Waals surface area contributed by atoms with Crippen molar-refractivity contribution in [1.29, 1.82) is 0 Å². The number of rotatable bonds is 6. The highest BCUT2D eigenvalue weighted by Gasteiger charge is 2.13. The minimum absolute atomic E-state index is 0.242. The van der Waals surface area contributed by atoms with E-state index < -0.39 is 0 Å². The minimum Gasteiger partial charge on any atom is -0.497 e. The highest BCUT2D eigenvalue weighted by atomic mass is 35.5. The second kappa shape index (κ2) is 8.18. The fourth-order valence-electron chi connectivity index (χ4n) is 2.86. The number of aromatic amines is 1. The predicted molar refractivity (Wildman–Crippen MR) is 114 cm³/mol. The van der Waals surface area contributed by atoms with E-state index in [-0.39, 0.29) is 5.56 Å². The van der Waals surface area contributed by atoms with Gasteiger partial charge in [0.25, 0.3) is 5.56 Å². The third-order valence-corrected chi connectivity index (χ3v) is 5.44. The summed E-state index contributed by atoms with van der Waals surface area (Å²) < 4.78 is 12.2. The molecule has 0 amide bonds. The number of benzene rings is 2. The van der Waals surface area contributed by atoms with Gasteiger partial charge in [-0.05, 0) is 35.9 Å². The molecule has 2 heterocycles. The van der Waals surface area contributed by atoms with Crippen molar-refractivity contribution >= 4 is 34.4 Å². The number of nitrogens with one attached hydrogen (secondary N) is 1. The van der Waals surface area contributed by atoms with Crippen molar-refractivity contribution in [3.63, 3.8) is 0 Å². The van der Waals surface area contributed by atoms with Gasteiger partial charge in [-0.25, -0.2) is 9.67 Å². The average molecular weight is 429 g/mol. The molecule has 2 aromatic carbocycles. The van der Waals surface area contributed by atoms with E-state index in [4.69, 9.17) is 21.1 Å². The van der Waals surface area contributed by atoms with Gasteiger partial charge in [0.2, 0.25) is 0 Å². The maximum Gasteiger partial charge on any atom is 0.262 e. The zero-order chi connectivity index (χ0) is 20.4. The molecule has 0 aliphatic rings. The number of hydrogen-bond acceptors (Lipinski definition) is 6. The molecule has 0 atom stereocenters. The molecule has 1 N–H and O–H groups in total. The first kappa shape index (κ1) is 19.4. The third kappa shape index (κ3) is 4.08. The molecule has 0 saturated heterocycles. The minimum atomic E-state index is -0.242. The summed E-state index contributed by atoms with van der Waals surface area (Å²) >= 11 is 7.49. The van der Waals surface area contributed by atoms with Gasteiger partial charge in [-0.3, -0.25) is 4.79 Å². The van der Waals surface area contributed by atoms with Crippen LogP contribution in [0.1, 0.15) is 5.56 Å². The molecule has 0 aliphatic carbocycles. The number of methoxy groups -OCH3 is 2. The van der Waals surface area contributed by atoms with Crippen LogP contribution >= 0.6 is 23.4 Å². The number of fused-ring (bicyclic) bond motifs is 1. The first-order chi connectivity index (χ1) is 14.1. The first-order valence-corrected chi connectivity index (χ1v) is 10.0. The van der Waals surface area contributed by atoms with E-state index in [9.17, 15) is 4.79 Å². The quantitative estimate of drug-likeness (QED) is 0.368. The fourth-order valence-corrected chi connectivity index (χ4v) is 3.84. The second-order valence-electron chi connectivity index (χ2n) is 6.15. The second-order valence-corrected chi connectivity index (χ2v) is 7.55. The average Bonchev–Trinajstić information content (AvgIpc) is 3.16. The molecule has 148 valence electrons. The molecule has 0 spiro atoms. The molecule has 0 radical (unpaired) electrons. The Labute approximate surface area is 175 Å². The number of hydrogen-bond donors (Lipinski definition) is 1. The van der Waals surface area contributed by atoms with E-state index in [1.807, 2.05) is 30.3 Å². The maximum atomic E-state index is 12.5. The highest BCUT2D eigenvalue weighted by molar-refractivity contribution is 7.98. The van der Waals surface area contributed by atoms with Crippen molar-refractivity contribution in [2.24, 2.45) is 0 Å². The molecule has 4 aromatic rings. The van der Waals surface area contributed by atoms with Crippen LogP contribution < -0.4 is 15.0 Å². The lowest BCUT2D eigenvalue weighted by molar-refractivity contribution is 0.393. The molecule has 0 fully saturated rings. The largest absolute Gasteiger partial charge is 0.497 e. The van der Waals surface area contributed by atoms with E-state index in [0.29, 0.717) is 38.5 Å². The molecule has 0 aliphatic heterocycles. The van der Waals surface area contributed by atoms with Crippen molar-refractivity contribution in [2.75, 3.05) is 14.2 Å². The van der Waals surface area contributed by atoms with Crippen LogP contribution in [0, 0.1) is 0 Å². The van der Waals surface area contributed by atoms with Crippen LogP contribution in [0.2, 0.25) is 5.02 Å². The Kier molecular flexibility index (Phi) is 5.46. The van der Waals surface area contributed by atoms with Crippen molar-refractivity contribution in [3.8, 4) is 17.2 Å². The van der Waals surface area contributed by atoms with Gasteiger partial charge in [-0.2, -0.15) is 5.10 Å². The van der Waals surface area contributed by atoms with E-state index in [1.165, 1.54) is 18.0 Å². The Morgan fingerprint density at radius 1 is 1.14 bits per heavy atom. The molecular formula is C20H17ClN4O3S. The lowest BCUT2D eigenvalue weighted by atomic mass is 10.2. The van der Waals surface area contributed by atoms with Crippen LogP contribution in [0.3, 0.4) is 0 Å². The monoisotopic (exact) mass is 428 g/mol. The summed E-state index contributed by atoms with van der Waals surface area (Å²) in [5.74, 6) is 1.99. The SMILES string of the molecule is COc1cc(CSc2nc3c(cnn3-c3cccc(Cl)c3)c(=O)[nH]2)cc(OC)c1. The number of halogens is 1. The Balaban J connectivity index is 1.67. The molecule has 29 heavy (non-hydrogen) atoms. The summed E-state index contributed by atoms with van der Waals surface area (Å²) in [5.41, 5.74) is 1.95. The van der Waals surface area contributed by atoms with Crippen molar-refractivity contribution in [2.45, 2.75) is 10.9 Å². The van der Waals surface area contributed by atoms with Gasteiger partial charge < -0.3 is 14.5 Å². The summed E-state index contributed by atoms with van der Waals surface area (Å²) in [5, 5.41) is 5.79. The first-order valence-electron chi connectivity index (χ1n) is 8.66. The smallest absolute Gasteiger partial charge is 0.262 e. The van der Waals surface area contributed by atoms with Crippen LogP contribution in [0.5, 0.6) is 11.5 Å². The fraction of sp³-hybridized carbons (Fsp3) is 0.150. The number of thioether (sulfide) groups is 1. The Bertz CT molecular complexity index is 1220. The van der Waals surface area contributed by atoms with Crippen LogP contribution in [-0.4, -0.2) is 34.0 Å².